The third-order valence-corrected chi connectivity index (χ3v) is 10.1. The van der Waals surface area contributed by atoms with Crippen molar-refractivity contribution < 1.29 is 17.4 Å². The number of hydrogen-bond donors (Lipinski definition) is 1. The number of nitrogens with zero attached hydrogens (tertiary/aromatic N) is 1. The molecule has 6 nitrogen and oxygen atoms in total. The Kier molecular flexibility index (Phi) is 7.14. The van der Waals surface area contributed by atoms with E-state index in [9.17, 15) is 17.4 Å². The van der Waals surface area contributed by atoms with Crippen LogP contribution in [0.4, 0.5) is 0 Å². The molecule has 1 heterocycles. The van der Waals surface area contributed by atoms with E-state index in [2.05, 4.69) is 11.2 Å². The second-order valence-electron chi connectivity index (χ2n) is 9.57. The number of nitrogens with one attached hydrogen (secondary N) is 1. The van der Waals surface area contributed by atoms with Crippen LogP contribution in [0.3, 0.4) is 0 Å². The van der Waals surface area contributed by atoms with Crippen molar-refractivity contribution >= 4 is 31.3 Å². The summed E-state index contributed by atoms with van der Waals surface area (Å²) in [5.74, 6) is 3.91. The number of carbonyl (C=O) groups is 1. The molecule has 2 atom stereocenters. The second-order valence-corrected chi connectivity index (χ2v) is 13.7. The first kappa shape index (κ1) is 26.1. The molecule has 2 unspecified atom stereocenters. The van der Waals surface area contributed by atoms with Crippen LogP contribution in [0.5, 0.6) is 0 Å². The van der Waals surface area contributed by atoms with Crippen molar-refractivity contribution in [2.45, 2.75) is 56.1 Å². The molecule has 8 heteroatoms. The fourth-order valence-corrected chi connectivity index (χ4v) is 7.99. The van der Waals surface area contributed by atoms with Crippen LogP contribution in [-0.2, 0) is 43.8 Å². The van der Waals surface area contributed by atoms with Gasteiger partial charge in [0.15, 0.2) is 9.84 Å². The van der Waals surface area contributed by atoms with Crippen LogP contribution < -0.4 is 5.32 Å². The van der Waals surface area contributed by atoms with Crippen LogP contribution in [0.1, 0.15) is 33.4 Å². The number of carbonyl (C=O) groups excluding carboxylic acids is 1. The predicted octanol–water partition coefficient (Wildman–Crippen LogP) is 3.75. The Balaban J connectivity index is 1.68. The number of fused-ring (bicyclic) bond motifs is 1. The summed E-state index contributed by atoms with van der Waals surface area (Å²) >= 11 is 0. The van der Waals surface area contributed by atoms with E-state index in [0.29, 0.717) is 23.4 Å². The van der Waals surface area contributed by atoms with Crippen molar-refractivity contribution in [2.75, 3.05) is 6.26 Å². The van der Waals surface area contributed by atoms with E-state index in [-0.39, 0.29) is 17.3 Å². The first-order chi connectivity index (χ1) is 16.9. The Morgan fingerprint density at radius 3 is 2.25 bits per heavy atom. The minimum atomic E-state index is -3.36. The Hall–Kier alpha value is -2.94. The first-order valence-corrected chi connectivity index (χ1v) is 15.3. The van der Waals surface area contributed by atoms with E-state index in [1.165, 1.54) is 6.07 Å². The summed E-state index contributed by atoms with van der Waals surface area (Å²) in [7, 11) is -6.35. The molecule has 0 aliphatic carbocycles. The molecule has 3 aromatic carbocycles. The van der Waals surface area contributed by atoms with Crippen molar-refractivity contribution in [3.8, 4) is 0 Å². The second kappa shape index (κ2) is 9.84. The van der Waals surface area contributed by atoms with E-state index >= 15 is 0 Å². The smallest absolute Gasteiger partial charge is 0.238 e. The zero-order chi connectivity index (χ0) is 26.3. The van der Waals surface area contributed by atoms with Crippen LogP contribution >= 0.6 is 0 Å². The molecule has 0 fully saturated rings. The third kappa shape index (κ3) is 5.26. The fourth-order valence-electron chi connectivity index (χ4n) is 5.01. The summed E-state index contributed by atoms with van der Waals surface area (Å²) in [6.45, 7) is 6.37. The molecule has 3 aromatic rings. The van der Waals surface area contributed by atoms with Gasteiger partial charge in [-0.25, -0.2) is 16.9 Å². The molecule has 0 spiro atoms. The van der Waals surface area contributed by atoms with E-state index in [1.807, 2.05) is 57.2 Å². The highest BCUT2D eigenvalue weighted by atomic mass is 32.2. The number of hydrogen-bond acceptors (Lipinski definition) is 4. The van der Waals surface area contributed by atoms with Crippen LogP contribution in [0.15, 0.2) is 70.5 Å². The molecule has 1 aliphatic rings. The van der Waals surface area contributed by atoms with Gasteiger partial charge in [-0.3, -0.25) is 4.79 Å². The van der Waals surface area contributed by atoms with Gasteiger partial charge in [0.1, 0.15) is 6.04 Å². The molecule has 36 heavy (non-hydrogen) atoms. The number of rotatable bonds is 6. The molecule has 1 aliphatic heterocycles. The molecule has 0 aromatic heterocycles. The molecule has 190 valence electrons. The summed E-state index contributed by atoms with van der Waals surface area (Å²) in [5.41, 5.74) is 5.61. The maximum atomic E-state index is 14.4. The van der Waals surface area contributed by atoms with E-state index in [0.717, 1.165) is 34.1 Å². The van der Waals surface area contributed by atoms with Gasteiger partial charge >= 0.3 is 0 Å². The molecule has 4 rings (SSSR count). The Morgan fingerprint density at radius 1 is 0.972 bits per heavy atom. The van der Waals surface area contributed by atoms with Crippen molar-refractivity contribution in [2.24, 2.45) is 0 Å². The first-order valence-electron chi connectivity index (χ1n) is 11.7. The van der Waals surface area contributed by atoms with Gasteiger partial charge in [0.2, 0.25) is 5.91 Å². The number of sulfone groups is 1. The van der Waals surface area contributed by atoms with Gasteiger partial charge in [-0.2, -0.15) is 0 Å². The van der Waals surface area contributed by atoms with Crippen molar-refractivity contribution in [3.05, 3.63) is 94.0 Å². The lowest BCUT2D eigenvalue weighted by atomic mass is 9.95. The minimum absolute atomic E-state index is 0.162. The van der Waals surface area contributed by atoms with E-state index in [1.54, 1.807) is 22.5 Å². The van der Waals surface area contributed by atoms with E-state index < -0.39 is 25.6 Å². The zero-order valence-electron chi connectivity index (χ0n) is 21.1. The highest BCUT2D eigenvalue weighted by molar-refractivity contribution is 7.98. The fraction of sp³-hybridized carbons (Fsp3) is 0.286. The summed E-state index contributed by atoms with van der Waals surface area (Å²) in [4.78, 5) is 14.4. The molecule has 0 saturated heterocycles. The van der Waals surface area contributed by atoms with Gasteiger partial charge in [-0.1, -0.05) is 54.1 Å². The largest absolute Gasteiger partial charge is 0.351 e. The Labute approximate surface area is 214 Å². The maximum absolute atomic E-state index is 14.4. The van der Waals surface area contributed by atoms with E-state index in [4.69, 9.17) is 0 Å². The lowest BCUT2D eigenvalue weighted by Gasteiger charge is -2.38. The third-order valence-electron chi connectivity index (χ3n) is 6.60. The van der Waals surface area contributed by atoms with Crippen LogP contribution in [0.25, 0.3) is 0 Å². The molecule has 1 amide bonds. The lowest BCUT2D eigenvalue weighted by Crippen LogP contribution is -2.52. The van der Waals surface area contributed by atoms with Crippen LogP contribution in [0.2, 0.25) is 0 Å². The average molecular weight is 525 g/mol. The van der Waals surface area contributed by atoms with Gasteiger partial charge in [0.25, 0.3) is 0 Å². The Bertz CT molecular complexity index is 1520. The number of aryl methyl sites for hydroxylation is 3. The van der Waals surface area contributed by atoms with Gasteiger partial charge in [-0.15, -0.1) is 0 Å². The molecule has 0 radical (unpaired) electrons. The monoisotopic (exact) mass is 524 g/mol. The molecule has 0 saturated carbocycles. The average Bonchev–Trinajstić information content (AvgIpc) is 2.80. The summed E-state index contributed by atoms with van der Waals surface area (Å²) in [5, 5.41) is 2.94. The number of benzene rings is 3. The molecule has 0 bridgehead atoms. The van der Waals surface area contributed by atoms with Gasteiger partial charge in [0.05, 0.1) is 19.5 Å². The van der Waals surface area contributed by atoms with Gasteiger partial charge < -0.3 is 5.32 Å². The molecular formula is C28H32N2O4S2. The molecule has 1 N–H and O–H groups in total. The predicted molar refractivity (Wildman–Crippen MR) is 145 cm³/mol. The number of amides is 1. The van der Waals surface area contributed by atoms with Crippen LogP contribution in [-0.4, -0.2) is 41.0 Å². The Morgan fingerprint density at radius 2 is 1.61 bits per heavy atom. The maximum Gasteiger partial charge on any atom is 0.238 e. The minimum Gasteiger partial charge on any atom is -0.351 e. The quantitative estimate of drug-likeness (QED) is 0.498. The summed E-state index contributed by atoms with van der Waals surface area (Å²) in [6.07, 6.45) is 1.56. The van der Waals surface area contributed by atoms with Gasteiger partial charge in [0, 0.05) is 19.3 Å². The van der Waals surface area contributed by atoms with Crippen molar-refractivity contribution in [1.29, 1.82) is 0 Å². The lowest BCUT2D eigenvalue weighted by molar-refractivity contribution is -0.125. The van der Waals surface area contributed by atoms with Gasteiger partial charge in [-0.05, 0) is 73.0 Å². The summed E-state index contributed by atoms with van der Waals surface area (Å²) < 4.78 is 40.0. The van der Waals surface area contributed by atoms with Crippen molar-refractivity contribution in [1.82, 2.24) is 9.62 Å². The standard InChI is InChI=1S/C28H32N2O4S2/c1-19-13-20(2)27(21(3)14-19)35(4,32)30-18-24-11-7-6-10-23(24)16-26(30)28(31)29-17-22-9-8-12-25(15-22)36(5,33)34/h6-15,26H,4,16-18H2,1-3,5H3,(H,29,31). The SMILES string of the molecule is C=S(=O)(c1c(C)cc(C)cc1C)N1Cc2ccccc2CC1C(=O)NCc1cccc(S(C)(=O)=O)c1. The normalized spacial score (nSPS) is 17.7. The zero-order valence-corrected chi connectivity index (χ0v) is 22.7. The van der Waals surface area contributed by atoms with Crippen LogP contribution in [0, 0.1) is 20.8 Å². The highest BCUT2D eigenvalue weighted by Gasteiger charge is 2.37. The highest BCUT2D eigenvalue weighted by Crippen LogP contribution is 2.32. The van der Waals surface area contributed by atoms with Crippen molar-refractivity contribution in [3.63, 3.8) is 0 Å². The topological polar surface area (TPSA) is 83.6 Å². The molecular weight excluding hydrogens is 492 g/mol. The summed E-state index contributed by atoms with van der Waals surface area (Å²) in [6, 6.07) is 17.7.